The number of nitrogens with two attached hydrogens (primary N) is 1. The first-order valence-corrected chi connectivity index (χ1v) is 11.3. The van der Waals surface area contributed by atoms with E-state index in [4.69, 9.17) is 15.9 Å². The van der Waals surface area contributed by atoms with Gasteiger partial charge in [-0.25, -0.2) is 4.79 Å². The van der Waals surface area contributed by atoms with Crippen molar-refractivity contribution < 1.29 is 39.3 Å². The number of thioether (sulfide) groups is 1. The van der Waals surface area contributed by atoms with Gasteiger partial charge >= 0.3 is 11.9 Å². The normalized spacial score (nSPS) is 13.3. The molecule has 1 aromatic carbocycles. The van der Waals surface area contributed by atoms with Gasteiger partial charge in [0, 0.05) is 0 Å². The zero-order valence-electron chi connectivity index (χ0n) is 17.9. The summed E-state index contributed by atoms with van der Waals surface area (Å²) in [5.41, 5.74) is 6.55. The average Bonchev–Trinajstić information content (AvgIpc) is 2.75. The van der Waals surface area contributed by atoms with Crippen molar-refractivity contribution in [3.63, 3.8) is 0 Å². The average molecular weight is 485 g/mol. The fourth-order valence-electron chi connectivity index (χ4n) is 2.67. The number of amides is 3. The van der Waals surface area contributed by atoms with Crippen LogP contribution >= 0.6 is 11.8 Å². The fourth-order valence-corrected chi connectivity index (χ4v) is 3.15. The van der Waals surface area contributed by atoms with Crippen LogP contribution in [0.2, 0.25) is 0 Å². The van der Waals surface area contributed by atoms with Crippen LogP contribution in [0.5, 0.6) is 5.75 Å². The molecule has 0 aromatic heterocycles. The molecule has 12 nitrogen and oxygen atoms in total. The molecule has 3 amide bonds. The van der Waals surface area contributed by atoms with Crippen LogP contribution in [0.1, 0.15) is 18.4 Å². The summed E-state index contributed by atoms with van der Waals surface area (Å²) < 4.78 is 0. The van der Waals surface area contributed by atoms with Gasteiger partial charge in [0.05, 0.1) is 19.0 Å². The molecule has 0 heterocycles. The second-order valence-electron chi connectivity index (χ2n) is 7.09. The van der Waals surface area contributed by atoms with Crippen molar-refractivity contribution >= 4 is 41.4 Å². The van der Waals surface area contributed by atoms with Crippen LogP contribution in [0.4, 0.5) is 0 Å². The summed E-state index contributed by atoms with van der Waals surface area (Å²) >= 11 is 1.39. The van der Waals surface area contributed by atoms with E-state index in [2.05, 4.69) is 16.0 Å². The van der Waals surface area contributed by atoms with Gasteiger partial charge in [-0.15, -0.1) is 0 Å². The van der Waals surface area contributed by atoms with Crippen LogP contribution in [0.3, 0.4) is 0 Å². The third-order valence-electron chi connectivity index (χ3n) is 4.41. The lowest BCUT2D eigenvalue weighted by atomic mass is 10.1. The SMILES string of the molecule is CSCCC(NC(=O)CNC(=O)C(N)Cc1ccc(O)cc1)C(=O)NC(CC(=O)O)C(=O)O. The molecule has 182 valence electrons. The third kappa shape index (κ3) is 10.7. The smallest absolute Gasteiger partial charge is 0.326 e. The lowest BCUT2D eigenvalue weighted by Crippen LogP contribution is -2.54. The lowest BCUT2D eigenvalue weighted by molar-refractivity contribution is -0.147. The van der Waals surface area contributed by atoms with Crippen molar-refractivity contribution in [2.75, 3.05) is 18.6 Å². The Balaban J connectivity index is 2.63. The number of carbonyl (C=O) groups excluding carboxylic acids is 3. The van der Waals surface area contributed by atoms with E-state index in [-0.39, 0.29) is 18.6 Å². The lowest BCUT2D eigenvalue weighted by Gasteiger charge is -2.21. The van der Waals surface area contributed by atoms with Gasteiger partial charge in [0.2, 0.25) is 17.7 Å². The zero-order valence-corrected chi connectivity index (χ0v) is 18.8. The van der Waals surface area contributed by atoms with Gasteiger partial charge in [-0.3, -0.25) is 19.2 Å². The van der Waals surface area contributed by atoms with Crippen molar-refractivity contribution in [1.82, 2.24) is 16.0 Å². The maximum Gasteiger partial charge on any atom is 0.326 e. The Hall–Kier alpha value is -3.32. The number of nitrogens with one attached hydrogen (secondary N) is 3. The Bertz CT molecular complexity index is 849. The topological polar surface area (TPSA) is 208 Å². The van der Waals surface area contributed by atoms with E-state index in [9.17, 15) is 29.1 Å². The minimum atomic E-state index is -1.65. The summed E-state index contributed by atoms with van der Waals surface area (Å²) in [5.74, 6) is -4.54. The molecule has 3 unspecified atom stereocenters. The van der Waals surface area contributed by atoms with E-state index in [1.807, 2.05) is 0 Å². The van der Waals surface area contributed by atoms with Gasteiger partial charge in [-0.2, -0.15) is 11.8 Å². The van der Waals surface area contributed by atoms with Gasteiger partial charge in [-0.05, 0) is 42.5 Å². The highest BCUT2D eigenvalue weighted by molar-refractivity contribution is 7.98. The van der Waals surface area contributed by atoms with Crippen molar-refractivity contribution in [3.05, 3.63) is 29.8 Å². The van der Waals surface area contributed by atoms with Gasteiger partial charge in [0.1, 0.15) is 17.8 Å². The molecule has 0 radical (unpaired) electrons. The van der Waals surface area contributed by atoms with Crippen LogP contribution in [-0.4, -0.2) is 81.7 Å². The second-order valence-corrected chi connectivity index (χ2v) is 8.08. The van der Waals surface area contributed by atoms with E-state index in [0.29, 0.717) is 11.3 Å². The Morgan fingerprint density at radius 2 is 1.64 bits per heavy atom. The van der Waals surface area contributed by atoms with Crippen LogP contribution in [0, 0.1) is 0 Å². The predicted octanol–water partition coefficient (Wildman–Crippen LogP) is -1.34. The van der Waals surface area contributed by atoms with Crippen molar-refractivity contribution in [1.29, 1.82) is 0 Å². The van der Waals surface area contributed by atoms with Gasteiger partial charge in [0.15, 0.2) is 0 Å². The van der Waals surface area contributed by atoms with Crippen molar-refractivity contribution in [3.8, 4) is 5.75 Å². The first kappa shape index (κ1) is 27.7. The molecule has 0 spiro atoms. The maximum atomic E-state index is 12.4. The highest BCUT2D eigenvalue weighted by atomic mass is 32.2. The Morgan fingerprint density at radius 3 is 2.18 bits per heavy atom. The van der Waals surface area contributed by atoms with E-state index in [1.165, 1.54) is 23.9 Å². The summed E-state index contributed by atoms with van der Waals surface area (Å²) in [7, 11) is 0. The molecular weight excluding hydrogens is 456 g/mol. The molecule has 0 saturated carbocycles. The largest absolute Gasteiger partial charge is 0.508 e. The number of hydrogen-bond donors (Lipinski definition) is 7. The number of carboxylic acid groups (broad SMARTS) is 2. The Labute approximate surface area is 194 Å². The second kappa shape index (κ2) is 14.0. The summed E-state index contributed by atoms with van der Waals surface area (Å²) in [5, 5.41) is 34.0. The fraction of sp³-hybridized carbons (Fsp3) is 0.450. The molecule has 1 rings (SSSR count). The van der Waals surface area contributed by atoms with E-state index < -0.39 is 60.8 Å². The number of rotatable bonds is 14. The highest BCUT2D eigenvalue weighted by Crippen LogP contribution is 2.11. The van der Waals surface area contributed by atoms with Crippen LogP contribution < -0.4 is 21.7 Å². The minimum Gasteiger partial charge on any atom is -0.508 e. The molecule has 8 N–H and O–H groups in total. The first-order chi connectivity index (χ1) is 15.5. The molecule has 13 heteroatoms. The molecule has 0 aliphatic rings. The molecule has 33 heavy (non-hydrogen) atoms. The van der Waals surface area contributed by atoms with E-state index in [0.717, 1.165) is 0 Å². The first-order valence-electron chi connectivity index (χ1n) is 9.88. The Kier molecular flexibility index (Phi) is 11.7. The van der Waals surface area contributed by atoms with Gasteiger partial charge < -0.3 is 37.0 Å². The summed E-state index contributed by atoms with van der Waals surface area (Å²) in [6, 6.07) is 2.41. The predicted molar refractivity (Wildman–Crippen MR) is 120 cm³/mol. The number of carbonyl (C=O) groups is 5. The number of carboxylic acids is 2. The Morgan fingerprint density at radius 1 is 1.00 bits per heavy atom. The molecule has 0 aliphatic carbocycles. The standard InChI is InChI=1S/C20H28N4O8S/c1-33-7-6-14(19(30)24-15(20(31)32)9-17(27)28)23-16(26)10-22-18(29)13(21)8-11-2-4-12(25)5-3-11/h2-5,13-15,25H,6-10,21H2,1H3,(H,22,29)(H,23,26)(H,24,30)(H,27,28)(H,31,32). The quantitative estimate of drug-likeness (QED) is 0.165. The number of aliphatic carboxylic acids is 2. The molecular formula is C20H28N4O8S. The van der Waals surface area contributed by atoms with E-state index >= 15 is 0 Å². The molecule has 0 aliphatic heterocycles. The van der Waals surface area contributed by atoms with Gasteiger partial charge in [-0.1, -0.05) is 12.1 Å². The van der Waals surface area contributed by atoms with Crippen molar-refractivity contribution in [2.24, 2.45) is 5.73 Å². The number of hydrogen-bond acceptors (Lipinski definition) is 8. The minimum absolute atomic E-state index is 0.0751. The number of benzene rings is 1. The zero-order chi connectivity index (χ0) is 25.0. The number of phenolic OH excluding ortho intramolecular Hbond substituents is 1. The summed E-state index contributed by atoms with van der Waals surface area (Å²) in [6.07, 6.45) is 1.29. The van der Waals surface area contributed by atoms with Crippen LogP contribution in [0.15, 0.2) is 24.3 Å². The number of aromatic hydroxyl groups is 1. The van der Waals surface area contributed by atoms with E-state index in [1.54, 1.807) is 18.4 Å². The molecule has 0 saturated heterocycles. The third-order valence-corrected chi connectivity index (χ3v) is 5.05. The summed E-state index contributed by atoms with van der Waals surface area (Å²) in [4.78, 5) is 58.8. The highest BCUT2D eigenvalue weighted by Gasteiger charge is 2.28. The monoisotopic (exact) mass is 484 g/mol. The van der Waals surface area contributed by atoms with Crippen LogP contribution in [0.25, 0.3) is 0 Å². The molecule has 1 aromatic rings. The van der Waals surface area contributed by atoms with Crippen molar-refractivity contribution in [2.45, 2.75) is 37.4 Å². The number of phenols is 1. The molecule has 3 atom stereocenters. The molecule has 0 bridgehead atoms. The summed E-state index contributed by atoms with van der Waals surface area (Å²) in [6.45, 7) is -0.470. The van der Waals surface area contributed by atoms with Crippen LogP contribution in [-0.2, 0) is 30.4 Å². The maximum absolute atomic E-state index is 12.4. The molecule has 0 fully saturated rings. The van der Waals surface area contributed by atoms with Gasteiger partial charge in [0.25, 0.3) is 0 Å².